The SMILES string of the molecule is O=C1CN(/N=C/c2ccc(-c3ccc([N+](=O)[O-])cc3)o2)C(=O)N1CCOCCOCCO. The Balaban J connectivity index is 1.50. The van der Waals surface area contributed by atoms with Crippen LogP contribution in [0.1, 0.15) is 5.76 Å². The maximum absolute atomic E-state index is 12.4. The topological polar surface area (TPSA) is 148 Å². The average Bonchev–Trinajstić information content (AvgIpc) is 3.36. The molecule has 0 radical (unpaired) electrons. The van der Waals surface area contributed by atoms with Gasteiger partial charge in [0.1, 0.15) is 18.1 Å². The summed E-state index contributed by atoms with van der Waals surface area (Å²) in [6, 6.07) is 8.63. The molecule has 0 unspecified atom stereocenters. The van der Waals surface area contributed by atoms with Crippen molar-refractivity contribution in [3.8, 4) is 11.3 Å². The van der Waals surface area contributed by atoms with Gasteiger partial charge in [0.15, 0.2) is 0 Å². The van der Waals surface area contributed by atoms with Gasteiger partial charge >= 0.3 is 6.03 Å². The van der Waals surface area contributed by atoms with Crippen LogP contribution in [0.4, 0.5) is 10.5 Å². The van der Waals surface area contributed by atoms with Gasteiger partial charge < -0.3 is 19.0 Å². The van der Waals surface area contributed by atoms with Crippen LogP contribution in [0, 0.1) is 10.1 Å². The number of carbonyl (C=O) groups excluding carboxylic acids is 2. The molecule has 0 atom stereocenters. The van der Waals surface area contributed by atoms with Gasteiger partial charge in [-0.25, -0.2) is 9.80 Å². The number of nitrogens with zero attached hydrogens (tertiary/aromatic N) is 4. The molecule has 170 valence electrons. The number of rotatable bonds is 12. The number of nitro benzene ring substituents is 1. The summed E-state index contributed by atoms with van der Waals surface area (Å²) in [6.07, 6.45) is 1.32. The number of hydrazone groups is 1. The number of non-ortho nitro benzene ring substituents is 1. The second-order valence-electron chi connectivity index (χ2n) is 6.58. The highest BCUT2D eigenvalue weighted by Crippen LogP contribution is 2.24. The molecule has 32 heavy (non-hydrogen) atoms. The number of aliphatic hydroxyl groups is 1. The molecule has 0 bridgehead atoms. The van der Waals surface area contributed by atoms with Crippen molar-refractivity contribution in [1.29, 1.82) is 0 Å². The Morgan fingerprint density at radius 2 is 1.81 bits per heavy atom. The molecule has 1 aromatic carbocycles. The Kier molecular flexibility index (Phi) is 8.02. The van der Waals surface area contributed by atoms with Crippen LogP contribution >= 0.6 is 0 Å². The number of benzene rings is 1. The predicted octanol–water partition coefficient (Wildman–Crippen LogP) is 1.48. The molecule has 2 aromatic rings. The summed E-state index contributed by atoms with van der Waals surface area (Å²) < 4.78 is 16.0. The molecule has 1 saturated heterocycles. The van der Waals surface area contributed by atoms with Crippen molar-refractivity contribution in [2.45, 2.75) is 0 Å². The summed E-state index contributed by atoms with van der Waals surface area (Å²) in [5, 5.41) is 24.4. The summed E-state index contributed by atoms with van der Waals surface area (Å²) in [5.41, 5.74) is 0.625. The molecule has 0 aliphatic carbocycles. The monoisotopic (exact) mass is 446 g/mol. The molecule has 12 heteroatoms. The van der Waals surface area contributed by atoms with Gasteiger partial charge in [-0.1, -0.05) is 0 Å². The molecule has 1 fully saturated rings. The van der Waals surface area contributed by atoms with Crippen molar-refractivity contribution in [3.05, 3.63) is 52.3 Å². The lowest BCUT2D eigenvalue weighted by atomic mass is 10.1. The number of hydrogen-bond donors (Lipinski definition) is 1. The quantitative estimate of drug-likeness (QED) is 0.169. The number of imide groups is 1. The maximum atomic E-state index is 12.4. The first-order chi connectivity index (χ1) is 15.5. The van der Waals surface area contributed by atoms with E-state index in [4.69, 9.17) is 19.0 Å². The highest BCUT2D eigenvalue weighted by molar-refractivity contribution is 6.02. The summed E-state index contributed by atoms with van der Waals surface area (Å²) in [6.45, 7) is 0.819. The highest BCUT2D eigenvalue weighted by Gasteiger charge is 2.35. The number of urea groups is 1. The van der Waals surface area contributed by atoms with E-state index >= 15 is 0 Å². The van der Waals surface area contributed by atoms with Crippen LogP contribution in [-0.2, 0) is 14.3 Å². The minimum Gasteiger partial charge on any atom is -0.455 e. The molecule has 3 rings (SSSR count). The smallest absolute Gasteiger partial charge is 0.347 e. The third kappa shape index (κ3) is 5.97. The van der Waals surface area contributed by atoms with E-state index in [1.165, 1.54) is 18.3 Å². The first-order valence-corrected chi connectivity index (χ1v) is 9.76. The number of amides is 3. The minimum absolute atomic E-state index is 0.0238. The van der Waals surface area contributed by atoms with Gasteiger partial charge in [-0.05, 0) is 24.3 Å². The summed E-state index contributed by atoms with van der Waals surface area (Å²) in [5.74, 6) is 0.438. The van der Waals surface area contributed by atoms with Gasteiger partial charge in [0.25, 0.3) is 11.6 Å². The van der Waals surface area contributed by atoms with Crippen LogP contribution in [0.3, 0.4) is 0 Å². The van der Waals surface area contributed by atoms with Crippen LogP contribution in [0.2, 0.25) is 0 Å². The molecule has 3 amide bonds. The number of hydrogen-bond acceptors (Lipinski definition) is 9. The Hall–Kier alpha value is -3.61. The first kappa shape index (κ1) is 23.1. The third-order valence-corrected chi connectivity index (χ3v) is 4.42. The highest BCUT2D eigenvalue weighted by atomic mass is 16.6. The molecule has 1 aliphatic heterocycles. The van der Waals surface area contributed by atoms with E-state index < -0.39 is 16.9 Å². The molecule has 1 aliphatic rings. The van der Waals surface area contributed by atoms with Crippen molar-refractivity contribution in [1.82, 2.24) is 9.91 Å². The number of nitro groups is 1. The molecule has 12 nitrogen and oxygen atoms in total. The fraction of sp³-hybridized carbons (Fsp3) is 0.350. The second-order valence-corrected chi connectivity index (χ2v) is 6.58. The van der Waals surface area contributed by atoms with Gasteiger partial charge in [-0.3, -0.25) is 19.8 Å². The van der Waals surface area contributed by atoms with Crippen molar-refractivity contribution < 1.29 is 33.5 Å². The fourth-order valence-corrected chi connectivity index (χ4v) is 2.83. The van der Waals surface area contributed by atoms with Gasteiger partial charge in [0, 0.05) is 17.7 Å². The summed E-state index contributed by atoms with van der Waals surface area (Å²) >= 11 is 0. The maximum Gasteiger partial charge on any atom is 0.347 e. The number of aliphatic hydroxyl groups excluding tert-OH is 1. The number of carbonyl (C=O) groups is 2. The zero-order valence-electron chi connectivity index (χ0n) is 17.1. The van der Waals surface area contributed by atoms with Crippen LogP contribution < -0.4 is 0 Å². The lowest BCUT2D eigenvalue weighted by Crippen LogP contribution is -2.34. The number of furan rings is 1. The summed E-state index contributed by atoms with van der Waals surface area (Å²) in [7, 11) is 0. The largest absolute Gasteiger partial charge is 0.455 e. The molecule has 0 saturated carbocycles. The Labute approximate surface area is 182 Å². The van der Waals surface area contributed by atoms with E-state index in [0.717, 1.165) is 9.91 Å². The second kappa shape index (κ2) is 11.1. The van der Waals surface area contributed by atoms with Crippen LogP contribution in [-0.4, -0.2) is 84.2 Å². The fourth-order valence-electron chi connectivity index (χ4n) is 2.83. The third-order valence-electron chi connectivity index (χ3n) is 4.42. The van der Waals surface area contributed by atoms with Gasteiger partial charge in [0.05, 0.1) is 50.7 Å². The normalized spacial score (nSPS) is 14.2. The van der Waals surface area contributed by atoms with Crippen molar-refractivity contribution in [3.63, 3.8) is 0 Å². The molecular weight excluding hydrogens is 424 g/mol. The van der Waals surface area contributed by atoms with Gasteiger partial charge in [0.2, 0.25) is 0 Å². The van der Waals surface area contributed by atoms with Crippen molar-refractivity contribution in [2.75, 3.05) is 46.1 Å². The van der Waals surface area contributed by atoms with E-state index in [1.807, 2.05) is 0 Å². The van der Waals surface area contributed by atoms with E-state index in [9.17, 15) is 19.7 Å². The van der Waals surface area contributed by atoms with E-state index in [2.05, 4.69) is 5.10 Å². The van der Waals surface area contributed by atoms with Crippen LogP contribution in [0.15, 0.2) is 45.9 Å². The van der Waals surface area contributed by atoms with Crippen LogP contribution in [0.5, 0.6) is 0 Å². The summed E-state index contributed by atoms with van der Waals surface area (Å²) in [4.78, 5) is 35.8. The Morgan fingerprint density at radius 3 is 2.50 bits per heavy atom. The predicted molar refractivity (Wildman–Crippen MR) is 111 cm³/mol. The Bertz CT molecular complexity index is 972. The van der Waals surface area contributed by atoms with Crippen molar-refractivity contribution >= 4 is 23.8 Å². The van der Waals surface area contributed by atoms with Crippen molar-refractivity contribution in [2.24, 2.45) is 5.10 Å². The molecule has 1 aromatic heterocycles. The molecule has 1 N–H and O–H groups in total. The average molecular weight is 446 g/mol. The van der Waals surface area contributed by atoms with E-state index in [0.29, 0.717) is 23.7 Å². The number of ether oxygens (including phenoxy) is 2. The van der Waals surface area contributed by atoms with Crippen LogP contribution in [0.25, 0.3) is 11.3 Å². The van der Waals surface area contributed by atoms with Gasteiger partial charge in [-0.15, -0.1) is 0 Å². The zero-order chi connectivity index (χ0) is 22.9. The molecule has 2 heterocycles. The Morgan fingerprint density at radius 1 is 1.09 bits per heavy atom. The van der Waals surface area contributed by atoms with E-state index in [1.54, 1.807) is 24.3 Å². The lowest BCUT2D eigenvalue weighted by Gasteiger charge is -2.13. The zero-order valence-corrected chi connectivity index (χ0v) is 17.1. The first-order valence-electron chi connectivity index (χ1n) is 9.76. The molecule has 0 spiro atoms. The lowest BCUT2D eigenvalue weighted by molar-refractivity contribution is -0.384. The minimum atomic E-state index is -0.562. The standard InChI is InChI=1S/C20H22N4O8/c25-8-10-31-12-11-30-9-7-22-19(26)14-23(20(22)27)21-13-17-5-6-18(32-17)15-1-3-16(4-2-15)24(28)29/h1-6,13,25H,7-12,14H2/b21-13+. The molecular formula is C20H22N4O8. The van der Waals surface area contributed by atoms with E-state index in [-0.39, 0.29) is 45.2 Å². The van der Waals surface area contributed by atoms with Gasteiger partial charge in [-0.2, -0.15) is 5.10 Å².